The number of nitrogens with zero attached hydrogens (tertiary/aromatic N) is 4. The number of urea groups is 1. The quantitative estimate of drug-likeness (QED) is 0.339. The predicted octanol–water partition coefficient (Wildman–Crippen LogP) is 5.83. The Morgan fingerprint density at radius 2 is 1.57 bits per heavy atom. The number of para-hydroxylation sites is 1. The SMILES string of the molecule is Cc1nn(-c2ccccc2)c2c1CN(C(=O)NCCc1ccccc1)[C@H](c1ccccc1)c1cccn1-2. The van der Waals surface area contributed by atoms with Gasteiger partial charge in [-0.2, -0.15) is 5.10 Å². The number of hydrogen-bond donors (Lipinski definition) is 1. The van der Waals surface area contributed by atoms with E-state index in [2.05, 4.69) is 58.5 Å². The fraction of sp³-hybridized carbons (Fsp3) is 0.161. The number of carbonyl (C=O) groups is 1. The van der Waals surface area contributed by atoms with Crippen LogP contribution in [0.5, 0.6) is 0 Å². The topological polar surface area (TPSA) is 55.1 Å². The molecule has 1 aliphatic rings. The second-order valence-corrected chi connectivity index (χ2v) is 9.35. The zero-order valence-electron chi connectivity index (χ0n) is 20.8. The molecule has 2 aromatic heterocycles. The number of aryl methyl sites for hydroxylation is 1. The third-order valence-corrected chi connectivity index (χ3v) is 7.00. The lowest BCUT2D eigenvalue weighted by atomic mass is 10.0. The summed E-state index contributed by atoms with van der Waals surface area (Å²) in [4.78, 5) is 15.8. The van der Waals surface area contributed by atoms with E-state index in [-0.39, 0.29) is 12.1 Å². The van der Waals surface area contributed by atoms with Gasteiger partial charge in [0.1, 0.15) is 5.82 Å². The van der Waals surface area contributed by atoms with Crippen LogP contribution in [-0.4, -0.2) is 31.8 Å². The molecule has 0 bridgehead atoms. The van der Waals surface area contributed by atoms with Crippen molar-refractivity contribution in [1.29, 1.82) is 0 Å². The first-order chi connectivity index (χ1) is 18.2. The highest BCUT2D eigenvalue weighted by Crippen LogP contribution is 2.38. The first kappa shape index (κ1) is 22.9. The fourth-order valence-electron chi connectivity index (χ4n) is 5.20. The van der Waals surface area contributed by atoms with E-state index >= 15 is 0 Å². The van der Waals surface area contributed by atoms with Gasteiger partial charge in [-0.3, -0.25) is 0 Å². The van der Waals surface area contributed by atoms with Gasteiger partial charge in [-0.05, 0) is 48.7 Å². The Hall–Kier alpha value is -4.58. The van der Waals surface area contributed by atoms with Crippen molar-refractivity contribution in [2.75, 3.05) is 6.54 Å². The third kappa shape index (κ3) is 4.31. The largest absolute Gasteiger partial charge is 0.338 e. The van der Waals surface area contributed by atoms with Crippen LogP contribution in [0.25, 0.3) is 11.5 Å². The van der Waals surface area contributed by atoms with Crippen molar-refractivity contribution in [3.63, 3.8) is 0 Å². The average molecular weight is 488 g/mol. The minimum atomic E-state index is -0.246. The normalized spacial score (nSPS) is 14.5. The first-order valence-corrected chi connectivity index (χ1v) is 12.7. The second-order valence-electron chi connectivity index (χ2n) is 9.35. The van der Waals surface area contributed by atoms with E-state index in [0.717, 1.165) is 40.4 Å². The van der Waals surface area contributed by atoms with E-state index in [1.807, 2.05) is 77.2 Å². The molecule has 3 aromatic carbocycles. The second kappa shape index (κ2) is 9.82. The molecule has 3 heterocycles. The number of benzene rings is 3. The molecule has 0 aliphatic carbocycles. The Bertz CT molecular complexity index is 1510. The van der Waals surface area contributed by atoms with Crippen LogP contribution in [0.3, 0.4) is 0 Å². The van der Waals surface area contributed by atoms with Crippen LogP contribution in [-0.2, 0) is 13.0 Å². The maximum absolute atomic E-state index is 13.8. The Morgan fingerprint density at radius 3 is 2.30 bits per heavy atom. The smallest absolute Gasteiger partial charge is 0.318 e. The Morgan fingerprint density at radius 1 is 0.892 bits per heavy atom. The van der Waals surface area contributed by atoms with Gasteiger partial charge in [0.2, 0.25) is 0 Å². The molecule has 0 spiro atoms. The van der Waals surface area contributed by atoms with Crippen LogP contribution in [0.4, 0.5) is 4.79 Å². The molecule has 0 unspecified atom stereocenters. The maximum Gasteiger partial charge on any atom is 0.318 e. The fourth-order valence-corrected chi connectivity index (χ4v) is 5.20. The first-order valence-electron chi connectivity index (χ1n) is 12.7. The highest BCUT2D eigenvalue weighted by atomic mass is 16.2. The number of nitrogens with one attached hydrogen (secondary N) is 1. The summed E-state index contributed by atoms with van der Waals surface area (Å²) in [6, 6.07) is 34.5. The van der Waals surface area contributed by atoms with Crippen molar-refractivity contribution in [2.45, 2.75) is 25.9 Å². The molecule has 0 fully saturated rings. The van der Waals surface area contributed by atoms with Crippen LogP contribution in [0, 0.1) is 6.92 Å². The van der Waals surface area contributed by atoms with E-state index in [1.165, 1.54) is 5.56 Å². The van der Waals surface area contributed by atoms with Crippen molar-refractivity contribution in [3.8, 4) is 11.5 Å². The standard InChI is InChI=1S/C31H29N5O/c1-23-27-22-35(31(37)32-20-19-24-12-5-2-6-13-24)29(25-14-7-3-8-15-25)28-18-11-21-34(28)30(27)36(33-23)26-16-9-4-10-17-26/h2-18,21,29H,19-20,22H2,1H3,(H,32,37)/t29-/m1/s1. The van der Waals surface area contributed by atoms with E-state index in [0.29, 0.717) is 13.1 Å². The van der Waals surface area contributed by atoms with Gasteiger partial charge in [-0.15, -0.1) is 0 Å². The summed E-state index contributed by atoms with van der Waals surface area (Å²) in [5.74, 6) is 0.976. The van der Waals surface area contributed by atoms with Gasteiger partial charge in [0.25, 0.3) is 0 Å². The van der Waals surface area contributed by atoms with Crippen LogP contribution in [0.2, 0.25) is 0 Å². The number of aromatic nitrogens is 3. The Labute approximate surface area is 216 Å². The minimum Gasteiger partial charge on any atom is -0.338 e. The van der Waals surface area contributed by atoms with Crippen LogP contribution < -0.4 is 5.32 Å². The number of amides is 2. The van der Waals surface area contributed by atoms with Gasteiger partial charge in [0.15, 0.2) is 0 Å². The van der Waals surface area contributed by atoms with Gasteiger partial charge in [0, 0.05) is 18.3 Å². The van der Waals surface area contributed by atoms with E-state index in [1.54, 1.807) is 0 Å². The van der Waals surface area contributed by atoms with Crippen molar-refractivity contribution in [1.82, 2.24) is 24.6 Å². The summed E-state index contributed by atoms with van der Waals surface area (Å²) >= 11 is 0. The Balaban J connectivity index is 1.42. The summed E-state index contributed by atoms with van der Waals surface area (Å²) in [5.41, 5.74) is 6.24. The lowest BCUT2D eigenvalue weighted by Crippen LogP contribution is -2.42. The highest BCUT2D eigenvalue weighted by Gasteiger charge is 2.35. The third-order valence-electron chi connectivity index (χ3n) is 7.00. The molecule has 5 aromatic rings. The summed E-state index contributed by atoms with van der Waals surface area (Å²) in [6.07, 6.45) is 2.85. The molecule has 0 saturated heterocycles. The van der Waals surface area contributed by atoms with Gasteiger partial charge in [-0.25, -0.2) is 9.48 Å². The molecule has 2 amide bonds. The lowest BCUT2D eigenvalue weighted by Gasteiger charge is -2.31. The van der Waals surface area contributed by atoms with E-state index in [4.69, 9.17) is 5.10 Å². The van der Waals surface area contributed by atoms with E-state index in [9.17, 15) is 4.79 Å². The van der Waals surface area contributed by atoms with Crippen molar-refractivity contribution < 1.29 is 4.79 Å². The van der Waals surface area contributed by atoms with E-state index < -0.39 is 0 Å². The van der Waals surface area contributed by atoms with Crippen LogP contribution >= 0.6 is 0 Å². The highest BCUT2D eigenvalue weighted by molar-refractivity contribution is 5.76. The zero-order valence-corrected chi connectivity index (χ0v) is 20.8. The predicted molar refractivity (Wildman–Crippen MR) is 145 cm³/mol. The number of hydrogen-bond acceptors (Lipinski definition) is 2. The number of rotatable bonds is 5. The molecular formula is C31H29N5O. The van der Waals surface area contributed by atoms with Gasteiger partial charge < -0.3 is 14.8 Å². The number of fused-ring (bicyclic) bond motifs is 3. The number of carbonyl (C=O) groups excluding carboxylic acids is 1. The average Bonchev–Trinajstić information content (AvgIpc) is 3.50. The lowest BCUT2D eigenvalue weighted by molar-refractivity contribution is 0.180. The minimum absolute atomic E-state index is 0.0859. The van der Waals surface area contributed by atoms with Crippen molar-refractivity contribution in [3.05, 3.63) is 137 Å². The maximum atomic E-state index is 13.8. The summed E-state index contributed by atoms with van der Waals surface area (Å²) in [7, 11) is 0. The molecule has 37 heavy (non-hydrogen) atoms. The van der Waals surface area contributed by atoms with Crippen molar-refractivity contribution in [2.24, 2.45) is 0 Å². The Kier molecular flexibility index (Phi) is 6.06. The zero-order chi connectivity index (χ0) is 25.2. The molecule has 1 atom stereocenters. The van der Waals surface area contributed by atoms with Crippen LogP contribution in [0.15, 0.2) is 109 Å². The summed E-state index contributed by atoms with van der Waals surface area (Å²) in [6.45, 7) is 3.04. The molecule has 6 nitrogen and oxygen atoms in total. The molecule has 6 heteroatoms. The monoisotopic (exact) mass is 487 g/mol. The van der Waals surface area contributed by atoms with Crippen LogP contribution in [0.1, 0.15) is 34.1 Å². The molecular weight excluding hydrogens is 458 g/mol. The summed E-state index contributed by atoms with van der Waals surface area (Å²) < 4.78 is 4.18. The van der Waals surface area contributed by atoms with Crippen molar-refractivity contribution >= 4 is 6.03 Å². The molecule has 0 saturated carbocycles. The van der Waals surface area contributed by atoms with Gasteiger partial charge >= 0.3 is 6.03 Å². The molecule has 1 aliphatic heterocycles. The molecule has 6 rings (SSSR count). The van der Waals surface area contributed by atoms with Gasteiger partial charge in [-0.1, -0.05) is 78.9 Å². The molecule has 1 N–H and O–H groups in total. The van der Waals surface area contributed by atoms with Gasteiger partial charge in [0.05, 0.1) is 29.7 Å². The molecule has 184 valence electrons. The molecule has 0 radical (unpaired) electrons. The summed E-state index contributed by atoms with van der Waals surface area (Å²) in [5, 5.41) is 8.10.